The molecule has 26 heavy (non-hydrogen) atoms. The Bertz CT molecular complexity index is 1020. The van der Waals surface area contributed by atoms with Crippen LogP contribution < -0.4 is 0 Å². The van der Waals surface area contributed by atoms with Crippen molar-refractivity contribution in [3.8, 4) is 6.07 Å². The molecule has 1 aromatic carbocycles. The Morgan fingerprint density at radius 2 is 2.15 bits per heavy atom. The van der Waals surface area contributed by atoms with Crippen molar-refractivity contribution in [2.24, 2.45) is 7.05 Å². The summed E-state index contributed by atoms with van der Waals surface area (Å²) < 4.78 is 1.79. The van der Waals surface area contributed by atoms with E-state index in [4.69, 9.17) is 0 Å². The second-order valence-corrected chi connectivity index (χ2v) is 6.30. The van der Waals surface area contributed by atoms with Gasteiger partial charge in [0.05, 0.1) is 21.1 Å². The van der Waals surface area contributed by atoms with Crippen molar-refractivity contribution < 1.29 is 4.92 Å². The molecule has 128 valence electrons. The van der Waals surface area contributed by atoms with Crippen LogP contribution in [0, 0.1) is 21.4 Å². The normalized spacial score (nSPS) is 11.2. The highest BCUT2D eigenvalue weighted by atomic mass is 32.2. The fraction of sp³-hybridized carbons (Fsp3) is 0.0556. The first-order chi connectivity index (χ1) is 12.6. The van der Waals surface area contributed by atoms with Crippen LogP contribution in [0.25, 0.3) is 11.6 Å². The maximum atomic E-state index is 11.5. The average molecular weight is 363 g/mol. The zero-order valence-electron chi connectivity index (χ0n) is 13.7. The van der Waals surface area contributed by atoms with Crippen molar-refractivity contribution >= 4 is 29.1 Å². The highest BCUT2D eigenvalue weighted by Gasteiger charge is 2.17. The van der Waals surface area contributed by atoms with E-state index in [2.05, 4.69) is 16.0 Å². The standard InChI is InChI=1S/C18H13N5O2S/c1-22-9-8-21-18(22)26-17-6-5-13(11-16(17)23(24)25)10-14(12-19)15-4-2-3-7-20-15/h2-11H,1H3. The number of aryl methyl sites for hydroxylation is 1. The number of rotatable bonds is 5. The van der Waals surface area contributed by atoms with Gasteiger partial charge in [0.15, 0.2) is 5.16 Å². The highest BCUT2D eigenvalue weighted by molar-refractivity contribution is 7.99. The van der Waals surface area contributed by atoms with Crippen molar-refractivity contribution in [1.82, 2.24) is 14.5 Å². The minimum absolute atomic E-state index is 0.0370. The number of imidazole rings is 1. The van der Waals surface area contributed by atoms with E-state index in [9.17, 15) is 15.4 Å². The maximum absolute atomic E-state index is 11.5. The number of aromatic nitrogens is 3. The van der Waals surface area contributed by atoms with Gasteiger partial charge in [-0.05, 0) is 41.6 Å². The summed E-state index contributed by atoms with van der Waals surface area (Å²) in [5.41, 5.74) is 1.38. The lowest BCUT2D eigenvalue weighted by Crippen LogP contribution is -1.94. The van der Waals surface area contributed by atoms with Gasteiger partial charge in [-0.2, -0.15) is 5.26 Å². The molecule has 0 saturated heterocycles. The van der Waals surface area contributed by atoms with E-state index in [1.54, 1.807) is 59.6 Å². The summed E-state index contributed by atoms with van der Waals surface area (Å²) in [6.07, 6.45) is 6.59. The number of nitrogens with zero attached hydrogens (tertiary/aromatic N) is 5. The van der Waals surface area contributed by atoms with Crippen molar-refractivity contribution in [3.05, 3.63) is 76.4 Å². The van der Waals surface area contributed by atoms with Gasteiger partial charge in [0.1, 0.15) is 6.07 Å². The molecule has 7 nitrogen and oxygen atoms in total. The van der Waals surface area contributed by atoms with Gasteiger partial charge in [-0.25, -0.2) is 4.98 Å². The van der Waals surface area contributed by atoms with Crippen molar-refractivity contribution in [1.29, 1.82) is 5.26 Å². The van der Waals surface area contributed by atoms with E-state index < -0.39 is 4.92 Å². The van der Waals surface area contributed by atoms with Crippen LogP contribution in [0.1, 0.15) is 11.3 Å². The van der Waals surface area contributed by atoms with E-state index >= 15 is 0 Å². The first-order valence-corrected chi connectivity index (χ1v) is 8.37. The SMILES string of the molecule is Cn1ccnc1Sc1ccc(C=C(C#N)c2ccccn2)cc1[N+](=O)[O-]. The van der Waals surface area contributed by atoms with Gasteiger partial charge in [-0.15, -0.1) is 0 Å². The van der Waals surface area contributed by atoms with Crippen LogP contribution in [-0.4, -0.2) is 19.5 Å². The van der Waals surface area contributed by atoms with Crippen molar-refractivity contribution in [2.45, 2.75) is 10.1 Å². The third kappa shape index (κ3) is 3.79. The van der Waals surface area contributed by atoms with Gasteiger partial charge < -0.3 is 4.57 Å². The van der Waals surface area contributed by atoms with Crippen LogP contribution in [0.4, 0.5) is 5.69 Å². The molecular formula is C18H13N5O2S. The summed E-state index contributed by atoms with van der Waals surface area (Å²) in [6, 6.07) is 12.2. The van der Waals surface area contributed by atoms with E-state index in [0.717, 1.165) is 0 Å². The van der Waals surface area contributed by atoms with E-state index in [0.29, 0.717) is 26.9 Å². The molecule has 0 amide bonds. The summed E-state index contributed by atoms with van der Waals surface area (Å²) >= 11 is 1.22. The van der Waals surface area contributed by atoms with Crippen LogP contribution in [0.5, 0.6) is 0 Å². The molecule has 2 heterocycles. The Kier molecular flexibility index (Phi) is 5.10. The second-order valence-electron chi connectivity index (χ2n) is 5.29. The zero-order chi connectivity index (χ0) is 18.5. The molecular weight excluding hydrogens is 350 g/mol. The maximum Gasteiger partial charge on any atom is 0.283 e. The fourth-order valence-electron chi connectivity index (χ4n) is 2.25. The first-order valence-electron chi connectivity index (χ1n) is 7.55. The molecule has 8 heteroatoms. The molecule has 0 aliphatic carbocycles. The average Bonchev–Trinajstić information content (AvgIpc) is 3.06. The third-order valence-corrected chi connectivity index (χ3v) is 4.67. The number of pyridine rings is 1. The van der Waals surface area contributed by atoms with Gasteiger partial charge in [0.2, 0.25) is 0 Å². The topological polar surface area (TPSA) is 97.6 Å². The minimum atomic E-state index is -0.435. The van der Waals surface area contributed by atoms with E-state index in [-0.39, 0.29) is 5.69 Å². The monoisotopic (exact) mass is 363 g/mol. The Balaban J connectivity index is 1.99. The molecule has 0 unspecified atom stereocenters. The number of allylic oxidation sites excluding steroid dienone is 1. The van der Waals surface area contributed by atoms with Crippen molar-refractivity contribution in [3.63, 3.8) is 0 Å². The molecule has 0 radical (unpaired) electrons. The summed E-state index contributed by atoms with van der Waals surface area (Å²) in [7, 11) is 1.82. The number of hydrogen-bond acceptors (Lipinski definition) is 6. The molecule has 0 atom stereocenters. The third-order valence-electron chi connectivity index (χ3n) is 3.53. The molecule has 0 fully saturated rings. The number of hydrogen-bond donors (Lipinski definition) is 0. The highest BCUT2D eigenvalue weighted by Crippen LogP contribution is 2.35. The second kappa shape index (κ2) is 7.63. The predicted octanol–water partition coefficient (Wildman–Crippen LogP) is 3.94. The smallest absolute Gasteiger partial charge is 0.283 e. The number of benzene rings is 1. The summed E-state index contributed by atoms with van der Waals surface area (Å²) in [6.45, 7) is 0. The zero-order valence-corrected chi connectivity index (χ0v) is 14.6. The number of nitriles is 1. The Morgan fingerprint density at radius 3 is 2.77 bits per heavy atom. The first kappa shape index (κ1) is 17.4. The molecule has 0 bridgehead atoms. The molecule has 0 aliphatic rings. The van der Waals surface area contributed by atoms with Crippen LogP contribution >= 0.6 is 11.8 Å². The van der Waals surface area contributed by atoms with Crippen molar-refractivity contribution in [2.75, 3.05) is 0 Å². The van der Waals surface area contributed by atoms with E-state index in [1.165, 1.54) is 17.8 Å². The quantitative estimate of drug-likeness (QED) is 0.387. The molecule has 0 saturated carbocycles. The Hall–Kier alpha value is -3.44. The van der Waals surface area contributed by atoms with Crippen LogP contribution in [0.2, 0.25) is 0 Å². The molecule has 3 aromatic rings. The lowest BCUT2D eigenvalue weighted by Gasteiger charge is -2.05. The van der Waals surface area contributed by atoms with Gasteiger partial charge in [0, 0.05) is 31.7 Å². The largest absolute Gasteiger partial charge is 0.329 e. The number of nitro groups is 1. The van der Waals surface area contributed by atoms with Crippen LogP contribution in [-0.2, 0) is 7.05 Å². The summed E-state index contributed by atoms with van der Waals surface area (Å²) in [5.74, 6) is 0. The van der Waals surface area contributed by atoms with Crippen LogP contribution in [0.3, 0.4) is 0 Å². The van der Waals surface area contributed by atoms with E-state index in [1.807, 2.05) is 7.05 Å². The molecule has 0 spiro atoms. The van der Waals surface area contributed by atoms with Gasteiger partial charge in [0.25, 0.3) is 5.69 Å². The predicted molar refractivity (Wildman–Crippen MR) is 98.1 cm³/mol. The minimum Gasteiger partial charge on any atom is -0.329 e. The van der Waals surface area contributed by atoms with Gasteiger partial charge >= 0.3 is 0 Å². The number of nitro benzene ring substituents is 1. The lowest BCUT2D eigenvalue weighted by atomic mass is 10.1. The lowest BCUT2D eigenvalue weighted by molar-refractivity contribution is -0.387. The van der Waals surface area contributed by atoms with Crippen LogP contribution in [0.15, 0.2) is 65.0 Å². The van der Waals surface area contributed by atoms with Gasteiger partial charge in [-0.1, -0.05) is 12.1 Å². The fourth-order valence-corrected chi connectivity index (χ4v) is 3.14. The Morgan fingerprint density at radius 1 is 1.31 bits per heavy atom. The molecule has 0 N–H and O–H groups in total. The van der Waals surface area contributed by atoms with Gasteiger partial charge in [-0.3, -0.25) is 15.1 Å². The Labute approximate surface area is 153 Å². The molecule has 0 aliphatic heterocycles. The molecule has 2 aromatic heterocycles. The summed E-state index contributed by atoms with van der Waals surface area (Å²) in [4.78, 5) is 19.8. The summed E-state index contributed by atoms with van der Waals surface area (Å²) in [5, 5.41) is 21.5. The molecule has 3 rings (SSSR count).